The van der Waals surface area contributed by atoms with Crippen molar-refractivity contribution >= 4 is 11.6 Å². The van der Waals surface area contributed by atoms with Crippen molar-refractivity contribution in [2.75, 3.05) is 23.3 Å². The van der Waals surface area contributed by atoms with E-state index in [-0.39, 0.29) is 24.2 Å². The van der Waals surface area contributed by atoms with E-state index in [9.17, 15) is 18.3 Å². The Morgan fingerprint density at radius 3 is 2.38 bits per heavy atom. The molecule has 1 saturated carbocycles. The van der Waals surface area contributed by atoms with Crippen LogP contribution < -0.4 is 10.2 Å². The first kappa shape index (κ1) is 22.8. The lowest BCUT2D eigenvalue weighted by Gasteiger charge is -2.29. The molecule has 1 aromatic carbocycles. The van der Waals surface area contributed by atoms with Gasteiger partial charge in [0.15, 0.2) is 11.6 Å². The third-order valence-corrected chi connectivity index (χ3v) is 6.54. The molecule has 1 aromatic heterocycles. The monoisotopic (exact) mass is 452 g/mol. The van der Waals surface area contributed by atoms with Crippen LogP contribution in [0.3, 0.4) is 0 Å². The summed E-state index contributed by atoms with van der Waals surface area (Å²) in [6, 6.07) is 4.75. The second-order valence-corrected chi connectivity index (χ2v) is 8.82. The van der Waals surface area contributed by atoms with Crippen LogP contribution in [-0.4, -0.2) is 33.8 Å². The van der Waals surface area contributed by atoms with Crippen LogP contribution in [0, 0.1) is 5.82 Å². The summed E-state index contributed by atoms with van der Waals surface area (Å²) in [6.45, 7) is 0.756. The van der Waals surface area contributed by atoms with Crippen molar-refractivity contribution < 1.29 is 22.7 Å². The molecular weight excluding hydrogens is 424 g/mol. The molecule has 1 atom stereocenters. The molecule has 2 heterocycles. The summed E-state index contributed by atoms with van der Waals surface area (Å²) in [4.78, 5) is 9.95. The van der Waals surface area contributed by atoms with Gasteiger partial charge in [-0.1, -0.05) is 37.8 Å². The van der Waals surface area contributed by atoms with Gasteiger partial charge in [0.05, 0.1) is 17.2 Å². The molecule has 1 aliphatic carbocycles. The van der Waals surface area contributed by atoms with Crippen LogP contribution in [0.15, 0.2) is 30.6 Å². The summed E-state index contributed by atoms with van der Waals surface area (Å²) < 4.78 is 54.0. The Morgan fingerprint density at radius 2 is 1.72 bits per heavy atom. The Morgan fingerprint density at radius 1 is 1.03 bits per heavy atom. The highest BCUT2D eigenvalue weighted by Gasteiger charge is 2.34. The predicted octanol–water partition coefficient (Wildman–Crippen LogP) is 5.47. The van der Waals surface area contributed by atoms with Gasteiger partial charge in [0.1, 0.15) is 6.33 Å². The first-order chi connectivity index (χ1) is 15.3. The van der Waals surface area contributed by atoms with E-state index < -0.39 is 23.2 Å². The summed E-state index contributed by atoms with van der Waals surface area (Å²) >= 11 is 0. The number of hydrogen-bond donors (Lipinski definition) is 2. The molecule has 0 bridgehead atoms. The van der Waals surface area contributed by atoms with Crippen LogP contribution in [0.25, 0.3) is 0 Å². The molecular formula is C23H28F4N4O. The fourth-order valence-corrected chi connectivity index (χ4v) is 4.76. The standard InChI is InChI=1S/C23H28F4N4O/c24-19-20(28-14-22(32)11-3-1-2-4-12-22)29-15-30-21(19)31-13-5-6-18(31)16-7-9-17(10-8-16)23(25,26)27/h7-10,15,18,32H,1-6,11-14H2,(H,28,29,30)/t18-/m1/s1. The molecule has 1 saturated heterocycles. The number of aliphatic hydroxyl groups is 1. The van der Waals surface area contributed by atoms with Gasteiger partial charge in [-0.2, -0.15) is 17.6 Å². The van der Waals surface area contributed by atoms with Crippen LogP contribution in [0.1, 0.15) is 68.5 Å². The number of nitrogens with zero attached hydrogens (tertiary/aromatic N) is 3. The zero-order valence-electron chi connectivity index (χ0n) is 17.8. The molecule has 0 spiro atoms. The van der Waals surface area contributed by atoms with Crippen molar-refractivity contribution in [1.82, 2.24) is 9.97 Å². The molecule has 0 radical (unpaired) electrons. The Hall–Kier alpha value is -2.42. The molecule has 1 aliphatic heterocycles. The minimum atomic E-state index is -4.39. The van der Waals surface area contributed by atoms with Crippen molar-refractivity contribution in [3.63, 3.8) is 0 Å². The van der Waals surface area contributed by atoms with Crippen molar-refractivity contribution in [3.05, 3.63) is 47.5 Å². The maximum Gasteiger partial charge on any atom is 0.416 e. The molecule has 2 fully saturated rings. The van der Waals surface area contributed by atoms with Gasteiger partial charge in [-0.25, -0.2) is 9.97 Å². The van der Waals surface area contributed by atoms with E-state index in [1.165, 1.54) is 18.5 Å². The van der Waals surface area contributed by atoms with Crippen molar-refractivity contribution in [2.24, 2.45) is 0 Å². The van der Waals surface area contributed by atoms with E-state index in [1.807, 2.05) is 0 Å². The Bertz CT molecular complexity index is 911. The summed E-state index contributed by atoms with van der Waals surface area (Å²) in [5, 5.41) is 13.8. The van der Waals surface area contributed by atoms with Gasteiger partial charge in [0.2, 0.25) is 5.82 Å². The number of benzene rings is 1. The lowest BCUT2D eigenvalue weighted by molar-refractivity contribution is -0.137. The van der Waals surface area contributed by atoms with Gasteiger partial charge in [0.25, 0.3) is 0 Å². The first-order valence-electron chi connectivity index (χ1n) is 11.2. The van der Waals surface area contributed by atoms with Crippen LogP contribution in [-0.2, 0) is 6.18 Å². The van der Waals surface area contributed by atoms with Crippen molar-refractivity contribution in [2.45, 2.75) is 69.2 Å². The fraction of sp³-hybridized carbons (Fsp3) is 0.565. The number of aromatic nitrogens is 2. The van der Waals surface area contributed by atoms with E-state index in [2.05, 4.69) is 15.3 Å². The molecule has 5 nitrogen and oxygen atoms in total. The molecule has 2 N–H and O–H groups in total. The normalized spacial score (nSPS) is 21.4. The summed E-state index contributed by atoms with van der Waals surface area (Å²) in [7, 11) is 0. The lowest BCUT2D eigenvalue weighted by Crippen LogP contribution is -2.36. The Balaban J connectivity index is 1.51. The summed E-state index contributed by atoms with van der Waals surface area (Å²) in [6.07, 6.45) is 3.76. The van der Waals surface area contributed by atoms with Crippen LogP contribution >= 0.6 is 0 Å². The van der Waals surface area contributed by atoms with E-state index in [0.29, 0.717) is 31.4 Å². The Kier molecular flexibility index (Phi) is 6.55. The maximum absolute atomic E-state index is 15.3. The highest BCUT2D eigenvalue weighted by atomic mass is 19.4. The predicted molar refractivity (Wildman–Crippen MR) is 114 cm³/mol. The average molecular weight is 452 g/mol. The zero-order chi connectivity index (χ0) is 22.8. The smallest absolute Gasteiger partial charge is 0.388 e. The number of halogens is 4. The SMILES string of the molecule is OC1(CNc2ncnc(N3CCC[C@@H]3c3ccc(C(F)(F)F)cc3)c2F)CCCCCC1. The summed E-state index contributed by atoms with van der Waals surface area (Å²) in [5.74, 6) is -0.452. The van der Waals surface area contributed by atoms with Gasteiger partial charge < -0.3 is 15.3 Å². The molecule has 0 amide bonds. The summed E-state index contributed by atoms with van der Waals surface area (Å²) in [5.41, 5.74) is -0.900. The lowest BCUT2D eigenvalue weighted by atomic mass is 9.94. The van der Waals surface area contributed by atoms with Gasteiger partial charge in [-0.3, -0.25) is 0 Å². The van der Waals surface area contributed by atoms with E-state index in [0.717, 1.165) is 44.2 Å². The molecule has 4 rings (SSSR count). The topological polar surface area (TPSA) is 61.3 Å². The third kappa shape index (κ3) is 4.98. The highest BCUT2D eigenvalue weighted by molar-refractivity contribution is 5.53. The van der Waals surface area contributed by atoms with Gasteiger partial charge in [-0.05, 0) is 43.4 Å². The number of anilines is 2. The highest BCUT2D eigenvalue weighted by Crippen LogP contribution is 2.38. The van der Waals surface area contributed by atoms with Gasteiger partial charge in [-0.15, -0.1) is 0 Å². The van der Waals surface area contributed by atoms with E-state index >= 15 is 4.39 Å². The first-order valence-corrected chi connectivity index (χ1v) is 11.2. The second-order valence-electron chi connectivity index (χ2n) is 8.82. The molecule has 2 aromatic rings. The molecule has 2 aliphatic rings. The molecule has 0 unspecified atom stereocenters. The van der Waals surface area contributed by atoms with E-state index in [1.54, 1.807) is 4.90 Å². The molecule has 174 valence electrons. The average Bonchev–Trinajstić information content (AvgIpc) is 3.14. The zero-order valence-corrected chi connectivity index (χ0v) is 17.8. The van der Waals surface area contributed by atoms with Gasteiger partial charge >= 0.3 is 6.18 Å². The molecule has 9 heteroatoms. The van der Waals surface area contributed by atoms with Crippen LogP contribution in [0.4, 0.5) is 29.2 Å². The fourth-order valence-electron chi connectivity index (χ4n) is 4.76. The van der Waals surface area contributed by atoms with E-state index in [4.69, 9.17) is 0 Å². The Labute approximate surface area is 184 Å². The largest absolute Gasteiger partial charge is 0.416 e. The quantitative estimate of drug-likeness (QED) is 0.465. The van der Waals surface area contributed by atoms with Crippen LogP contribution in [0.5, 0.6) is 0 Å². The minimum Gasteiger partial charge on any atom is -0.388 e. The van der Waals surface area contributed by atoms with Crippen molar-refractivity contribution in [1.29, 1.82) is 0 Å². The number of rotatable bonds is 5. The maximum atomic E-state index is 15.3. The second kappa shape index (κ2) is 9.21. The van der Waals surface area contributed by atoms with Crippen LogP contribution in [0.2, 0.25) is 0 Å². The third-order valence-electron chi connectivity index (χ3n) is 6.54. The number of nitrogens with one attached hydrogen (secondary N) is 1. The van der Waals surface area contributed by atoms with Gasteiger partial charge in [0, 0.05) is 13.1 Å². The van der Waals surface area contributed by atoms with Crippen molar-refractivity contribution in [3.8, 4) is 0 Å². The minimum absolute atomic E-state index is 0.0331. The number of hydrogen-bond acceptors (Lipinski definition) is 5. The number of alkyl halides is 3. The molecule has 32 heavy (non-hydrogen) atoms.